The van der Waals surface area contributed by atoms with Gasteiger partial charge in [-0.15, -0.1) is 0 Å². The fourth-order valence-electron chi connectivity index (χ4n) is 2.39. The lowest BCUT2D eigenvalue weighted by atomic mass is 9.92. The van der Waals surface area contributed by atoms with Gasteiger partial charge in [0.15, 0.2) is 0 Å². The smallest absolute Gasteiger partial charge is 0.108 e. The van der Waals surface area contributed by atoms with Gasteiger partial charge < -0.3 is 5.73 Å². The highest BCUT2D eigenvalue weighted by atomic mass is 15.2. The molecule has 3 heteroatoms. The molecule has 1 aliphatic heterocycles. The van der Waals surface area contributed by atoms with Crippen LogP contribution in [0.5, 0.6) is 0 Å². The summed E-state index contributed by atoms with van der Waals surface area (Å²) in [5.41, 5.74) is 5.63. The third kappa shape index (κ3) is 2.47. The van der Waals surface area contributed by atoms with Crippen LogP contribution >= 0.6 is 0 Å². The van der Waals surface area contributed by atoms with E-state index in [1.165, 1.54) is 12.8 Å². The summed E-state index contributed by atoms with van der Waals surface area (Å²) in [4.78, 5) is 2.40. The van der Waals surface area contributed by atoms with Gasteiger partial charge >= 0.3 is 0 Å². The number of nitrogens with zero attached hydrogens (tertiary/aromatic N) is 1. The Hall–Kier alpha value is -0.570. The van der Waals surface area contributed by atoms with Gasteiger partial charge in [0.1, 0.15) is 5.84 Å². The predicted octanol–water partition coefficient (Wildman–Crippen LogP) is 1.82. The minimum absolute atomic E-state index is 0.160. The number of likely N-dealkylation sites (tertiary alicyclic amines) is 1. The Balaban J connectivity index is 2.66. The molecule has 0 amide bonds. The van der Waals surface area contributed by atoms with Gasteiger partial charge in [-0.3, -0.25) is 10.3 Å². The molecule has 1 rings (SSSR count). The number of nitrogens with one attached hydrogen (secondary N) is 1. The topological polar surface area (TPSA) is 53.1 Å². The third-order valence-electron chi connectivity index (χ3n) is 3.31. The zero-order valence-electron chi connectivity index (χ0n) is 9.59. The van der Waals surface area contributed by atoms with E-state index >= 15 is 0 Å². The van der Waals surface area contributed by atoms with Crippen LogP contribution in [-0.4, -0.2) is 29.4 Å². The SMILES string of the molecule is CCC(C(=N)N)N1CC(C)CCC1C. The molecule has 0 saturated carbocycles. The number of rotatable bonds is 3. The molecule has 14 heavy (non-hydrogen) atoms. The summed E-state index contributed by atoms with van der Waals surface area (Å²) < 4.78 is 0. The molecule has 3 atom stereocenters. The van der Waals surface area contributed by atoms with E-state index in [0.29, 0.717) is 11.9 Å². The van der Waals surface area contributed by atoms with E-state index in [1.54, 1.807) is 0 Å². The molecule has 1 fully saturated rings. The minimum Gasteiger partial charge on any atom is -0.386 e. The Kier molecular flexibility index (Phi) is 3.93. The number of hydrogen-bond acceptors (Lipinski definition) is 2. The molecular formula is C11H23N3. The summed E-state index contributed by atoms with van der Waals surface area (Å²) >= 11 is 0. The third-order valence-corrected chi connectivity index (χ3v) is 3.31. The molecule has 0 spiro atoms. The molecule has 0 aromatic rings. The second-order valence-electron chi connectivity index (χ2n) is 4.61. The largest absolute Gasteiger partial charge is 0.386 e. The molecule has 0 bridgehead atoms. The molecular weight excluding hydrogens is 174 g/mol. The second-order valence-corrected chi connectivity index (χ2v) is 4.61. The van der Waals surface area contributed by atoms with Crippen molar-refractivity contribution >= 4 is 5.84 Å². The van der Waals surface area contributed by atoms with Crippen molar-refractivity contribution in [2.75, 3.05) is 6.54 Å². The van der Waals surface area contributed by atoms with Crippen molar-refractivity contribution < 1.29 is 0 Å². The van der Waals surface area contributed by atoms with Crippen molar-refractivity contribution in [2.24, 2.45) is 11.7 Å². The average molecular weight is 197 g/mol. The van der Waals surface area contributed by atoms with Crippen LogP contribution in [0.4, 0.5) is 0 Å². The average Bonchev–Trinajstić information content (AvgIpc) is 2.11. The van der Waals surface area contributed by atoms with Crippen LogP contribution in [0.25, 0.3) is 0 Å². The maximum atomic E-state index is 7.58. The second kappa shape index (κ2) is 4.78. The standard InChI is InChI=1S/C11H23N3/c1-4-10(11(12)13)14-7-8(2)5-6-9(14)3/h8-10H,4-7H2,1-3H3,(H3,12,13). The Morgan fingerprint density at radius 3 is 2.64 bits per heavy atom. The van der Waals surface area contributed by atoms with E-state index in [4.69, 9.17) is 11.1 Å². The molecule has 82 valence electrons. The first-order valence-corrected chi connectivity index (χ1v) is 5.65. The molecule has 3 N–H and O–H groups in total. The van der Waals surface area contributed by atoms with Gasteiger partial charge in [0, 0.05) is 12.6 Å². The van der Waals surface area contributed by atoms with Gasteiger partial charge in [0.2, 0.25) is 0 Å². The zero-order valence-corrected chi connectivity index (χ0v) is 9.59. The van der Waals surface area contributed by atoms with E-state index in [-0.39, 0.29) is 6.04 Å². The maximum absolute atomic E-state index is 7.58. The lowest BCUT2D eigenvalue weighted by molar-refractivity contribution is 0.102. The van der Waals surface area contributed by atoms with Crippen molar-refractivity contribution in [3.05, 3.63) is 0 Å². The highest BCUT2D eigenvalue weighted by Gasteiger charge is 2.29. The number of piperidine rings is 1. The molecule has 0 aliphatic carbocycles. The highest BCUT2D eigenvalue weighted by molar-refractivity contribution is 5.82. The van der Waals surface area contributed by atoms with E-state index in [2.05, 4.69) is 25.7 Å². The zero-order chi connectivity index (χ0) is 10.7. The first-order chi connectivity index (χ1) is 6.56. The van der Waals surface area contributed by atoms with Crippen LogP contribution in [0.15, 0.2) is 0 Å². The van der Waals surface area contributed by atoms with Crippen LogP contribution in [0, 0.1) is 11.3 Å². The fraction of sp³-hybridized carbons (Fsp3) is 0.909. The molecule has 0 aromatic heterocycles. The summed E-state index contributed by atoms with van der Waals surface area (Å²) in [6.45, 7) is 7.74. The predicted molar refractivity (Wildman–Crippen MR) is 60.6 cm³/mol. The van der Waals surface area contributed by atoms with Crippen molar-refractivity contribution in [3.8, 4) is 0 Å². The molecule has 1 heterocycles. The summed E-state index contributed by atoms with van der Waals surface area (Å²) in [6, 6.07) is 0.743. The normalized spacial score (nSPS) is 31.4. The van der Waals surface area contributed by atoms with Crippen molar-refractivity contribution in [1.29, 1.82) is 5.41 Å². The Bertz CT molecular complexity index is 203. The summed E-state index contributed by atoms with van der Waals surface area (Å²) in [7, 11) is 0. The minimum atomic E-state index is 0.160. The molecule has 3 unspecified atom stereocenters. The molecule has 0 aromatic carbocycles. The molecule has 1 aliphatic rings. The monoisotopic (exact) mass is 197 g/mol. The van der Waals surface area contributed by atoms with Crippen LogP contribution in [0.3, 0.4) is 0 Å². The molecule has 3 nitrogen and oxygen atoms in total. The van der Waals surface area contributed by atoms with Crippen LogP contribution in [0.2, 0.25) is 0 Å². The Morgan fingerprint density at radius 2 is 2.14 bits per heavy atom. The van der Waals surface area contributed by atoms with Crippen LogP contribution in [-0.2, 0) is 0 Å². The number of amidine groups is 1. The maximum Gasteiger partial charge on any atom is 0.108 e. The first kappa shape index (κ1) is 11.5. The van der Waals surface area contributed by atoms with Gasteiger partial charge in [-0.05, 0) is 32.1 Å². The molecule has 0 radical (unpaired) electrons. The molecule has 1 saturated heterocycles. The summed E-state index contributed by atoms with van der Waals surface area (Å²) in [6.07, 6.45) is 3.50. The van der Waals surface area contributed by atoms with E-state index in [9.17, 15) is 0 Å². The van der Waals surface area contributed by atoms with Gasteiger partial charge in [0.05, 0.1) is 6.04 Å². The Morgan fingerprint density at radius 1 is 1.50 bits per heavy atom. The van der Waals surface area contributed by atoms with Gasteiger partial charge in [-0.25, -0.2) is 0 Å². The van der Waals surface area contributed by atoms with E-state index in [0.717, 1.165) is 18.9 Å². The van der Waals surface area contributed by atoms with Crippen molar-refractivity contribution in [1.82, 2.24) is 4.90 Å². The van der Waals surface area contributed by atoms with Gasteiger partial charge in [-0.2, -0.15) is 0 Å². The highest BCUT2D eigenvalue weighted by Crippen LogP contribution is 2.24. The van der Waals surface area contributed by atoms with Gasteiger partial charge in [0.25, 0.3) is 0 Å². The van der Waals surface area contributed by atoms with E-state index in [1.807, 2.05) is 0 Å². The van der Waals surface area contributed by atoms with Crippen LogP contribution in [0.1, 0.15) is 40.0 Å². The lowest BCUT2D eigenvalue weighted by Gasteiger charge is -2.41. The van der Waals surface area contributed by atoms with Crippen LogP contribution < -0.4 is 5.73 Å². The fourth-order valence-corrected chi connectivity index (χ4v) is 2.39. The summed E-state index contributed by atoms with van der Waals surface area (Å²) in [5, 5.41) is 7.58. The van der Waals surface area contributed by atoms with E-state index < -0.39 is 0 Å². The van der Waals surface area contributed by atoms with Gasteiger partial charge in [-0.1, -0.05) is 13.8 Å². The number of nitrogens with two attached hydrogens (primary N) is 1. The quantitative estimate of drug-likeness (QED) is 0.535. The van der Waals surface area contributed by atoms with Crippen molar-refractivity contribution in [3.63, 3.8) is 0 Å². The lowest BCUT2D eigenvalue weighted by Crippen LogP contribution is -2.52. The van der Waals surface area contributed by atoms with Crippen molar-refractivity contribution in [2.45, 2.75) is 52.1 Å². The Labute approximate surface area is 87.2 Å². The first-order valence-electron chi connectivity index (χ1n) is 5.65. The summed E-state index contributed by atoms with van der Waals surface area (Å²) in [5.74, 6) is 1.08. The number of hydrogen-bond donors (Lipinski definition) is 2.